The van der Waals surface area contributed by atoms with Gasteiger partial charge < -0.3 is 5.32 Å². The van der Waals surface area contributed by atoms with E-state index < -0.39 is 0 Å². The van der Waals surface area contributed by atoms with E-state index in [1.54, 1.807) is 12.3 Å². The molecule has 0 aliphatic rings. The number of rotatable bonds is 1. The summed E-state index contributed by atoms with van der Waals surface area (Å²) in [4.78, 5) is 3.85. The van der Waals surface area contributed by atoms with Crippen molar-refractivity contribution in [2.24, 2.45) is 0 Å². The number of halogens is 1. The van der Waals surface area contributed by atoms with Crippen molar-refractivity contribution in [2.45, 2.75) is 0 Å². The van der Waals surface area contributed by atoms with Crippen LogP contribution in [0.3, 0.4) is 0 Å². The minimum atomic E-state index is 0.215. The zero-order valence-corrected chi connectivity index (χ0v) is 8.39. The molecule has 70 valence electrons. The summed E-state index contributed by atoms with van der Waals surface area (Å²) in [7, 11) is 1.81. The molecule has 1 aromatic heterocycles. The van der Waals surface area contributed by atoms with E-state index in [4.69, 9.17) is 16.9 Å². The molecule has 1 rings (SSSR count). The molecule has 0 saturated heterocycles. The SMILES string of the molecule is CNCC#Cc1cnc(Cl)c(C#N)c1. The van der Waals surface area contributed by atoms with Crippen LogP contribution in [-0.2, 0) is 0 Å². The molecule has 0 unspecified atom stereocenters. The van der Waals surface area contributed by atoms with Crippen molar-refractivity contribution < 1.29 is 0 Å². The minimum absolute atomic E-state index is 0.215. The molecule has 0 aliphatic carbocycles. The summed E-state index contributed by atoms with van der Waals surface area (Å²) in [6.07, 6.45) is 1.55. The van der Waals surface area contributed by atoms with E-state index in [9.17, 15) is 0 Å². The van der Waals surface area contributed by atoms with Gasteiger partial charge in [0.15, 0.2) is 0 Å². The van der Waals surface area contributed by atoms with Gasteiger partial charge in [0.25, 0.3) is 0 Å². The molecule has 0 spiro atoms. The van der Waals surface area contributed by atoms with Gasteiger partial charge in [0, 0.05) is 11.8 Å². The number of pyridine rings is 1. The standard InChI is InChI=1S/C10H8ClN3/c1-13-4-2-3-8-5-9(6-12)10(11)14-7-8/h5,7,13H,4H2,1H3. The van der Waals surface area contributed by atoms with Crippen LogP contribution >= 0.6 is 11.6 Å². The Bertz CT molecular complexity index is 423. The fourth-order valence-electron chi connectivity index (χ4n) is 0.829. The van der Waals surface area contributed by atoms with E-state index >= 15 is 0 Å². The molecule has 0 amide bonds. The minimum Gasteiger partial charge on any atom is -0.309 e. The summed E-state index contributed by atoms with van der Waals surface area (Å²) < 4.78 is 0. The molecule has 0 saturated carbocycles. The first-order chi connectivity index (χ1) is 6.77. The van der Waals surface area contributed by atoms with Crippen LogP contribution in [0.1, 0.15) is 11.1 Å². The molecule has 0 atom stereocenters. The van der Waals surface area contributed by atoms with E-state index in [1.165, 1.54) is 0 Å². The fraction of sp³-hybridized carbons (Fsp3) is 0.200. The van der Waals surface area contributed by atoms with Gasteiger partial charge in [-0.3, -0.25) is 0 Å². The predicted octanol–water partition coefficient (Wildman–Crippen LogP) is 1.18. The summed E-state index contributed by atoms with van der Waals surface area (Å²) in [5, 5.41) is 11.8. The molecule has 1 heterocycles. The van der Waals surface area contributed by atoms with Gasteiger partial charge in [-0.2, -0.15) is 5.26 Å². The van der Waals surface area contributed by atoms with Crippen LogP contribution in [0.5, 0.6) is 0 Å². The molecule has 4 heteroatoms. The third-order valence-corrected chi connectivity index (χ3v) is 1.76. The first-order valence-electron chi connectivity index (χ1n) is 3.97. The Morgan fingerprint density at radius 1 is 1.64 bits per heavy atom. The number of nitriles is 1. The van der Waals surface area contributed by atoms with Crippen LogP contribution in [0.25, 0.3) is 0 Å². The average Bonchev–Trinajstić information content (AvgIpc) is 2.21. The number of aromatic nitrogens is 1. The van der Waals surface area contributed by atoms with Gasteiger partial charge in [0.1, 0.15) is 11.2 Å². The van der Waals surface area contributed by atoms with Gasteiger partial charge in [0.2, 0.25) is 0 Å². The molecule has 0 aliphatic heterocycles. The smallest absolute Gasteiger partial charge is 0.146 e. The first kappa shape index (κ1) is 10.5. The monoisotopic (exact) mass is 205 g/mol. The van der Waals surface area contributed by atoms with Crippen molar-refractivity contribution in [1.29, 1.82) is 5.26 Å². The molecule has 3 nitrogen and oxygen atoms in total. The molecular formula is C10H8ClN3. The molecular weight excluding hydrogens is 198 g/mol. The van der Waals surface area contributed by atoms with E-state index in [0.29, 0.717) is 17.7 Å². The van der Waals surface area contributed by atoms with Gasteiger partial charge in [-0.15, -0.1) is 0 Å². The summed E-state index contributed by atoms with van der Waals surface area (Å²) in [6, 6.07) is 3.57. The van der Waals surface area contributed by atoms with Gasteiger partial charge in [0.05, 0.1) is 12.1 Å². The molecule has 1 aromatic rings. The van der Waals surface area contributed by atoms with Crippen molar-refractivity contribution in [3.05, 3.63) is 28.5 Å². The fourth-order valence-corrected chi connectivity index (χ4v) is 0.975. The van der Waals surface area contributed by atoms with Gasteiger partial charge in [-0.25, -0.2) is 4.98 Å². The normalized spacial score (nSPS) is 8.64. The molecule has 0 aromatic carbocycles. The van der Waals surface area contributed by atoms with Gasteiger partial charge in [-0.1, -0.05) is 23.4 Å². The third kappa shape index (κ3) is 2.74. The molecule has 1 N–H and O–H groups in total. The summed E-state index contributed by atoms with van der Waals surface area (Å²) >= 11 is 5.66. The highest BCUT2D eigenvalue weighted by atomic mass is 35.5. The molecule has 0 radical (unpaired) electrons. The summed E-state index contributed by atoms with van der Waals surface area (Å²) in [5.74, 6) is 5.73. The van der Waals surface area contributed by atoms with Crippen LogP contribution in [0.4, 0.5) is 0 Å². The zero-order valence-electron chi connectivity index (χ0n) is 7.63. The van der Waals surface area contributed by atoms with E-state index in [-0.39, 0.29) is 5.15 Å². The highest BCUT2D eigenvalue weighted by Gasteiger charge is 2.00. The van der Waals surface area contributed by atoms with Crippen molar-refractivity contribution in [3.8, 4) is 17.9 Å². The Morgan fingerprint density at radius 3 is 3.07 bits per heavy atom. The van der Waals surface area contributed by atoms with Crippen molar-refractivity contribution >= 4 is 11.6 Å². The Labute approximate surface area is 87.7 Å². The zero-order chi connectivity index (χ0) is 10.4. The summed E-state index contributed by atoms with van der Waals surface area (Å²) in [6.45, 7) is 0.602. The quantitative estimate of drug-likeness (QED) is 0.553. The maximum absolute atomic E-state index is 8.68. The lowest BCUT2D eigenvalue weighted by molar-refractivity contribution is 0.938. The lowest BCUT2D eigenvalue weighted by Crippen LogP contribution is -2.04. The molecule has 14 heavy (non-hydrogen) atoms. The van der Waals surface area contributed by atoms with E-state index in [0.717, 1.165) is 0 Å². The van der Waals surface area contributed by atoms with Crippen molar-refractivity contribution in [1.82, 2.24) is 10.3 Å². The van der Waals surface area contributed by atoms with Crippen LogP contribution in [0.15, 0.2) is 12.3 Å². The Morgan fingerprint density at radius 2 is 2.43 bits per heavy atom. The summed E-state index contributed by atoms with van der Waals surface area (Å²) in [5.41, 5.74) is 1.05. The second-order valence-electron chi connectivity index (χ2n) is 2.51. The second-order valence-corrected chi connectivity index (χ2v) is 2.86. The third-order valence-electron chi connectivity index (χ3n) is 1.46. The second kappa shape index (κ2) is 5.24. The number of nitrogens with zero attached hydrogens (tertiary/aromatic N) is 2. The van der Waals surface area contributed by atoms with Crippen molar-refractivity contribution in [3.63, 3.8) is 0 Å². The van der Waals surface area contributed by atoms with Crippen LogP contribution in [0.2, 0.25) is 5.15 Å². The van der Waals surface area contributed by atoms with Gasteiger partial charge in [-0.05, 0) is 13.1 Å². The van der Waals surface area contributed by atoms with E-state index in [2.05, 4.69) is 22.1 Å². The topological polar surface area (TPSA) is 48.7 Å². The number of nitrogens with one attached hydrogen (secondary N) is 1. The molecule has 0 bridgehead atoms. The van der Waals surface area contributed by atoms with E-state index in [1.807, 2.05) is 13.1 Å². The van der Waals surface area contributed by atoms with Crippen LogP contribution < -0.4 is 5.32 Å². The molecule has 0 fully saturated rings. The lowest BCUT2D eigenvalue weighted by atomic mass is 10.2. The Kier molecular flexibility index (Phi) is 3.94. The lowest BCUT2D eigenvalue weighted by Gasteiger charge is -1.93. The van der Waals surface area contributed by atoms with Crippen LogP contribution in [0, 0.1) is 23.2 Å². The number of hydrogen-bond donors (Lipinski definition) is 1. The Hall–Kier alpha value is -1.55. The largest absolute Gasteiger partial charge is 0.309 e. The highest BCUT2D eigenvalue weighted by Crippen LogP contribution is 2.11. The first-order valence-corrected chi connectivity index (χ1v) is 4.35. The van der Waals surface area contributed by atoms with Crippen LogP contribution in [-0.4, -0.2) is 18.6 Å². The van der Waals surface area contributed by atoms with Gasteiger partial charge >= 0.3 is 0 Å². The maximum atomic E-state index is 8.68. The Balaban J connectivity index is 2.93. The maximum Gasteiger partial charge on any atom is 0.146 e. The van der Waals surface area contributed by atoms with Crippen molar-refractivity contribution in [2.75, 3.05) is 13.6 Å². The predicted molar refractivity (Wildman–Crippen MR) is 54.8 cm³/mol. The number of hydrogen-bond acceptors (Lipinski definition) is 3. The highest BCUT2D eigenvalue weighted by molar-refractivity contribution is 6.30. The average molecular weight is 206 g/mol.